The van der Waals surface area contributed by atoms with Gasteiger partial charge >= 0.3 is 0 Å². The Kier molecular flexibility index (Phi) is 6.02. The highest BCUT2D eigenvalue weighted by molar-refractivity contribution is 7.92. The van der Waals surface area contributed by atoms with Crippen LogP contribution in [0.15, 0.2) is 47.5 Å². The summed E-state index contributed by atoms with van der Waals surface area (Å²) in [5.74, 6) is -0.229. The van der Waals surface area contributed by atoms with Crippen molar-refractivity contribution < 1.29 is 18.3 Å². The molecule has 0 unspecified atom stereocenters. The molecule has 0 aliphatic heterocycles. The largest absolute Gasteiger partial charge is 0.385 e. The van der Waals surface area contributed by atoms with Gasteiger partial charge < -0.3 is 15.0 Å². The van der Waals surface area contributed by atoms with Crippen LogP contribution in [0, 0.1) is 0 Å². The van der Waals surface area contributed by atoms with E-state index in [-0.39, 0.29) is 23.8 Å². The van der Waals surface area contributed by atoms with Crippen molar-refractivity contribution in [3.8, 4) is 0 Å². The number of amides is 1. The number of hydrogen-bond donors (Lipinski definition) is 2. The van der Waals surface area contributed by atoms with Gasteiger partial charge in [0.2, 0.25) is 5.91 Å². The van der Waals surface area contributed by atoms with Crippen LogP contribution in [0.3, 0.4) is 0 Å². The average Bonchev–Trinajstić information content (AvgIpc) is 2.99. The number of aliphatic hydroxyl groups is 1. The van der Waals surface area contributed by atoms with Gasteiger partial charge in [0.25, 0.3) is 0 Å². The number of nitrogens with zero attached hydrogens (tertiary/aromatic N) is 1. The van der Waals surface area contributed by atoms with Crippen molar-refractivity contribution in [1.82, 2.24) is 9.88 Å². The van der Waals surface area contributed by atoms with Gasteiger partial charge in [-0.1, -0.05) is 12.1 Å². The Bertz CT molecular complexity index is 823. The standard InChI is InChI=1S/C18H24N2O4S/c1-13(2)25(23,24)15-8-6-14(7-9-15)11-18(22)19-12-17(21)16-5-4-10-20(16)3/h4-10,13,17,21H,11-12H2,1-3H3,(H,19,22)/t17-/m1/s1. The number of nitrogens with one attached hydrogen (secondary N) is 1. The topological polar surface area (TPSA) is 88.4 Å². The van der Waals surface area contributed by atoms with Crippen LogP contribution in [0.25, 0.3) is 0 Å². The first-order chi connectivity index (χ1) is 11.7. The maximum absolute atomic E-state index is 12.1. The smallest absolute Gasteiger partial charge is 0.224 e. The highest BCUT2D eigenvalue weighted by Crippen LogP contribution is 2.17. The molecule has 25 heavy (non-hydrogen) atoms. The molecule has 1 aromatic carbocycles. The van der Waals surface area contributed by atoms with E-state index in [4.69, 9.17) is 0 Å². The van der Waals surface area contributed by atoms with Crippen molar-refractivity contribution in [2.24, 2.45) is 7.05 Å². The molecule has 136 valence electrons. The minimum absolute atomic E-state index is 0.122. The van der Waals surface area contributed by atoms with E-state index in [0.717, 1.165) is 5.69 Å². The molecule has 2 rings (SSSR count). The highest BCUT2D eigenvalue weighted by atomic mass is 32.2. The highest BCUT2D eigenvalue weighted by Gasteiger charge is 2.19. The van der Waals surface area contributed by atoms with Crippen LogP contribution in [0.1, 0.15) is 31.2 Å². The lowest BCUT2D eigenvalue weighted by molar-refractivity contribution is -0.120. The van der Waals surface area contributed by atoms with Gasteiger partial charge in [0, 0.05) is 25.5 Å². The number of hydrogen-bond acceptors (Lipinski definition) is 4. The van der Waals surface area contributed by atoms with Crippen LogP contribution in [0.4, 0.5) is 0 Å². The molecule has 2 aromatic rings. The number of aryl methyl sites for hydroxylation is 1. The fraction of sp³-hybridized carbons (Fsp3) is 0.389. The number of carbonyl (C=O) groups is 1. The maximum atomic E-state index is 12.1. The molecule has 1 heterocycles. The summed E-state index contributed by atoms with van der Waals surface area (Å²) in [5, 5.41) is 12.3. The molecular weight excluding hydrogens is 340 g/mol. The molecule has 2 N–H and O–H groups in total. The van der Waals surface area contributed by atoms with Crippen molar-refractivity contribution in [3.05, 3.63) is 53.9 Å². The van der Waals surface area contributed by atoms with Crippen LogP contribution in [-0.4, -0.2) is 35.8 Å². The SMILES string of the molecule is CC(C)S(=O)(=O)c1ccc(CC(=O)NC[C@@H](O)c2cccn2C)cc1. The average molecular weight is 364 g/mol. The van der Waals surface area contributed by atoms with E-state index < -0.39 is 21.2 Å². The summed E-state index contributed by atoms with van der Waals surface area (Å²) in [5.41, 5.74) is 1.44. The molecular formula is C18H24N2O4S. The van der Waals surface area contributed by atoms with Crippen molar-refractivity contribution >= 4 is 15.7 Å². The van der Waals surface area contributed by atoms with E-state index >= 15 is 0 Å². The lowest BCUT2D eigenvalue weighted by Gasteiger charge is -2.13. The molecule has 0 fully saturated rings. The molecule has 1 amide bonds. The molecule has 0 bridgehead atoms. The molecule has 7 heteroatoms. The van der Waals surface area contributed by atoms with Gasteiger partial charge in [-0.15, -0.1) is 0 Å². The fourth-order valence-corrected chi connectivity index (χ4v) is 3.51. The molecule has 1 atom stereocenters. The summed E-state index contributed by atoms with van der Waals surface area (Å²) in [6, 6.07) is 9.95. The molecule has 0 saturated heterocycles. The normalized spacial score (nSPS) is 13.0. The number of rotatable bonds is 7. The van der Waals surface area contributed by atoms with Crippen LogP contribution in [0.5, 0.6) is 0 Å². The van der Waals surface area contributed by atoms with Crippen LogP contribution in [0.2, 0.25) is 0 Å². The van der Waals surface area contributed by atoms with Crippen molar-refractivity contribution in [2.75, 3.05) is 6.54 Å². The Hall–Kier alpha value is -2.12. The van der Waals surface area contributed by atoms with Crippen LogP contribution < -0.4 is 5.32 Å². The molecule has 0 saturated carbocycles. The van der Waals surface area contributed by atoms with Gasteiger partial charge in [0.1, 0.15) is 6.10 Å². The van der Waals surface area contributed by atoms with Gasteiger partial charge in [-0.25, -0.2) is 8.42 Å². The Morgan fingerprint density at radius 3 is 2.36 bits per heavy atom. The van der Waals surface area contributed by atoms with Crippen LogP contribution >= 0.6 is 0 Å². The molecule has 0 aliphatic rings. The lowest BCUT2D eigenvalue weighted by Crippen LogP contribution is -2.30. The summed E-state index contributed by atoms with van der Waals surface area (Å²) >= 11 is 0. The second-order valence-electron chi connectivity index (χ2n) is 6.28. The van der Waals surface area contributed by atoms with Gasteiger partial charge in [-0.3, -0.25) is 4.79 Å². The van der Waals surface area contributed by atoms with E-state index in [0.29, 0.717) is 5.56 Å². The Morgan fingerprint density at radius 1 is 1.20 bits per heavy atom. The third-order valence-electron chi connectivity index (χ3n) is 4.06. The van der Waals surface area contributed by atoms with Gasteiger partial charge in [-0.2, -0.15) is 0 Å². The van der Waals surface area contributed by atoms with Crippen molar-refractivity contribution in [3.63, 3.8) is 0 Å². The minimum atomic E-state index is -3.31. The molecule has 0 aliphatic carbocycles. The van der Waals surface area contributed by atoms with Gasteiger partial charge in [-0.05, 0) is 43.7 Å². The Labute approximate surface area is 148 Å². The molecule has 1 aromatic heterocycles. The summed E-state index contributed by atoms with van der Waals surface area (Å²) in [7, 11) is -1.48. The van der Waals surface area contributed by atoms with Crippen molar-refractivity contribution in [1.29, 1.82) is 0 Å². The first kappa shape index (κ1) is 19.2. The summed E-state index contributed by atoms with van der Waals surface area (Å²) < 4.78 is 25.9. The van der Waals surface area contributed by atoms with Crippen LogP contribution in [-0.2, 0) is 28.1 Å². The predicted octanol–water partition coefficient (Wildman–Crippen LogP) is 1.60. The molecule has 6 nitrogen and oxygen atoms in total. The summed E-state index contributed by atoms with van der Waals surface area (Å²) in [6.07, 6.45) is 1.18. The number of carbonyl (C=O) groups excluding carboxylic acids is 1. The number of benzene rings is 1. The number of aliphatic hydroxyl groups excluding tert-OH is 1. The van der Waals surface area contributed by atoms with E-state index in [1.165, 1.54) is 12.1 Å². The zero-order valence-corrected chi connectivity index (χ0v) is 15.5. The van der Waals surface area contributed by atoms with E-state index in [1.807, 2.05) is 19.3 Å². The monoisotopic (exact) mass is 364 g/mol. The second kappa shape index (κ2) is 7.84. The predicted molar refractivity (Wildman–Crippen MR) is 95.9 cm³/mol. The zero-order valence-electron chi connectivity index (χ0n) is 14.6. The first-order valence-corrected chi connectivity index (χ1v) is 9.65. The van der Waals surface area contributed by atoms with Crippen molar-refractivity contribution in [2.45, 2.75) is 36.5 Å². The third kappa shape index (κ3) is 4.70. The first-order valence-electron chi connectivity index (χ1n) is 8.10. The Morgan fingerprint density at radius 2 is 1.84 bits per heavy atom. The second-order valence-corrected chi connectivity index (χ2v) is 8.78. The number of aromatic nitrogens is 1. The summed E-state index contributed by atoms with van der Waals surface area (Å²) in [6.45, 7) is 3.39. The van der Waals surface area contributed by atoms with E-state index in [2.05, 4.69) is 5.32 Å². The third-order valence-corrected chi connectivity index (χ3v) is 6.23. The summed E-state index contributed by atoms with van der Waals surface area (Å²) in [4.78, 5) is 12.3. The Balaban J connectivity index is 1.92. The lowest BCUT2D eigenvalue weighted by atomic mass is 10.1. The molecule has 0 spiro atoms. The number of sulfone groups is 1. The zero-order chi connectivity index (χ0) is 18.6. The maximum Gasteiger partial charge on any atom is 0.224 e. The minimum Gasteiger partial charge on any atom is -0.385 e. The molecule has 0 radical (unpaired) electrons. The fourth-order valence-electron chi connectivity index (χ4n) is 2.45. The quantitative estimate of drug-likeness (QED) is 0.781. The van der Waals surface area contributed by atoms with E-state index in [1.54, 1.807) is 36.6 Å². The van der Waals surface area contributed by atoms with Gasteiger partial charge in [0.05, 0.1) is 16.6 Å². The van der Waals surface area contributed by atoms with E-state index in [9.17, 15) is 18.3 Å². The van der Waals surface area contributed by atoms with Gasteiger partial charge in [0.15, 0.2) is 9.84 Å².